The van der Waals surface area contributed by atoms with E-state index in [-0.39, 0.29) is 11.8 Å². The molecule has 0 atom stereocenters. The van der Waals surface area contributed by atoms with Crippen molar-refractivity contribution in [3.8, 4) is 22.5 Å². The SMILES string of the molecule is CC(C)C(=O)Nc1cncc(-c2cnc3n[nH]c(-c4cc5c(C(N)=O)cccc5[nH]4)c3c2)c1. The monoisotopic (exact) mass is 439 g/mol. The van der Waals surface area contributed by atoms with Gasteiger partial charge in [0.2, 0.25) is 11.8 Å². The van der Waals surface area contributed by atoms with Crippen molar-refractivity contribution >= 4 is 39.4 Å². The number of nitrogens with one attached hydrogen (secondary N) is 3. The average Bonchev–Trinajstić information content (AvgIpc) is 3.42. The number of fused-ring (bicyclic) bond motifs is 2. The summed E-state index contributed by atoms with van der Waals surface area (Å²) in [5, 5.41) is 11.8. The lowest BCUT2D eigenvalue weighted by Crippen LogP contribution is -2.17. The van der Waals surface area contributed by atoms with Gasteiger partial charge in [0.15, 0.2) is 5.65 Å². The van der Waals surface area contributed by atoms with Crippen LogP contribution in [0.1, 0.15) is 24.2 Å². The first-order chi connectivity index (χ1) is 15.9. The van der Waals surface area contributed by atoms with E-state index in [0.717, 1.165) is 38.8 Å². The van der Waals surface area contributed by atoms with Crippen molar-refractivity contribution in [1.29, 1.82) is 0 Å². The van der Waals surface area contributed by atoms with Crippen molar-refractivity contribution < 1.29 is 9.59 Å². The molecule has 0 radical (unpaired) electrons. The Kier molecular flexibility index (Phi) is 4.86. The molecule has 2 amide bonds. The van der Waals surface area contributed by atoms with Crippen LogP contribution in [0.4, 0.5) is 5.69 Å². The Hall–Kier alpha value is -4.53. The van der Waals surface area contributed by atoms with E-state index in [2.05, 4.69) is 30.5 Å². The van der Waals surface area contributed by atoms with Gasteiger partial charge in [-0.25, -0.2) is 4.98 Å². The number of amides is 2. The van der Waals surface area contributed by atoms with E-state index in [1.54, 1.807) is 30.7 Å². The highest BCUT2D eigenvalue weighted by molar-refractivity contribution is 6.07. The Morgan fingerprint density at radius 2 is 1.85 bits per heavy atom. The normalized spacial score (nSPS) is 11.4. The number of rotatable bonds is 5. The molecule has 4 aromatic heterocycles. The third kappa shape index (κ3) is 3.69. The van der Waals surface area contributed by atoms with Crippen LogP contribution in [-0.2, 0) is 4.79 Å². The molecule has 0 aliphatic carbocycles. The summed E-state index contributed by atoms with van der Waals surface area (Å²) in [6, 6.07) is 11.1. The number of nitrogens with zero attached hydrogens (tertiary/aromatic N) is 3. The second-order valence-electron chi connectivity index (χ2n) is 8.11. The van der Waals surface area contributed by atoms with Crippen LogP contribution in [0.5, 0.6) is 0 Å². The summed E-state index contributed by atoms with van der Waals surface area (Å²) in [4.78, 5) is 35.9. The number of aromatic amines is 2. The zero-order valence-corrected chi connectivity index (χ0v) is 18.0. The molecule has 0 aliphatic rings. The van der Waals surface area contributed by atoms with Crippen LogP contribution in [-0.4, -0.2) is 37.0 Å². The first kappa shape index (κ1) is 20.4. The standard InChI is InChI=1S/C24H21N7O2/c1-12(2)24(33)28-15-6-13(9-26-11-15)14-7-18-21(30-31-23(18)27-10-14)20-8-17-16(22(25)32)4-3-5-19(17)29-20/h3-12,29H,1-2H3,(H2,25,32)(H,28,33)(H,27,30,31). The van der Waals surface area contributed by atoms with Gasteiger partial charge in [-0.1, -0.05) is 19.9 Å². The summed E-state index contributed by atoms with van der Waals surface area (Å²) in [6.45, 7) is 3.67. The van der Waals surface area contributed by atoms with Crippen molar-refractivity contribution in [3.63, 3.8) is 0 Å². The lowest BCUT2D eigenvalue weighted by atomic mass is 10.1. The smallest absolute Gasteiger partial charge is 0.249 e. The van der Waals surface area contributed by atoms with Crippen LogP contribution in [0.3, 0.4) is 0 Å². The number of carbonyl (C=O) groups is 2. The van der Waals surface area contributed by atoms with Crippen molar-refractivity contribution in [3.05, 3.63) is 60.6 Å². The van der Waals surface area contributed by atoms with Gasteiger partial charge in [0.25, 0.3) is 0 Å². The van der Waals surface area contributed by atoms with Gasteiger partial charge < -0.3 is 16.0 Å². The van der Waals surface area contributed by atoms with E-state index >= 15 is 0 Å². The summed E-state index contributed by atoms with van der Waals surface area (Å²) < 4.78 is 0. The third-order valence-electron chi connectivity index (χ3n) is 5.47. The van der Waals surface area contributed by atoms with Crippen LogP contribution < -0.4 is 11.1 Å². The first-order valence-corrected chi connectivity index (χ1v) is 10.4. The van der Waals surface area contributed by atoms with E-state index in [0.29, 0.717) is 16.9 Å². The molecule has 5 rings (SSSR count). The molecule has 0 fully saturated rings. The first-order valence-electron chi connectivity index (χ1n) is 10.4. The van der Waals surface area contributed by atoms with E-state index < -0.39 is 5.91 Å². The molecule has 0 saturated heterocycles. The highest BCUT2D eigenvalue weighted by atomic mass is 16.2. The molecule has 5 N–H and O–H groups in total. The van der Waals surface area contributed by atoms with Crippen LogP contribution in [0.2, 0.25) is 0 Å². The third-order valence-corrected chi connectivity index (χ3v) is 5.47. The molecule has 0 bridgehead atoms. The largest absolute Gasteiger partial charge is 0.366 e. The van der Waals surface area contributed by atoms with Crippen LogP contribution >= 0.6 is 0 Å². The van der Waals surface area contributed by atoms with Crippen molar-refractivity contribution in [1.82, 2.24) is 25.1 Å². The fourth-order valence-electron chi connectivity index (χ4n) is 3.72. The number of hydrogen-bond acceptors (Lipinski definition) is 5. The molecule has 0 aliphatic heterocycles. The summed E-state index contributed by atoms with van der Waals surface area (Å²) >= 11 is 0. The van der Waals surface area contributed by atoms with Gasteiger partial charge in [-0.2, -0.15) is 5.10 Å². The maximum Gasteiger partial charge on any atom is 0.249 e. The van der Waals surface area contributed by atoms with Gasteiger partial charge in [0, 0.05) is 51.3 Å². The minimum Gasteiger partial charge on any atom is -0.366 e. The summed E-state index contributed by atoms with van der Waals surface area (Å²) in [5.74, 6) is -0.693. The fraction of sp³-hybridized carbons (Fsp3) is 0.125. The van der Waals surface area contributed by atoms with Crippen LogP contribution in [0.25, 0.3) is 44.5 Å². The molecular weight excluding hydrogens is 418 g/mol. The van der Waals surface area contributed by atoms with Crippen LogP contribution in [0.15, 0.2) is 55.0 Å². The lowest BCUT2D eigenvalue weighted by molar-refractivity contribution is -0.118. The number of H-pyrrole nitrogens is 2. The summed E-state index contributed by atoms with van der Waals surface area (Å²) in [5.41, 5.74) is 11.1. The second-order valence-corrected chi connectivity index (χ2v) is 8.11. The van der Waals surface area contributed by atoms with Gasteiger partial charge in [-0.3, -0.25) is 19.7 Å². The van der Waals surface area contributed by atoms with Gasteiger partial charge in [0.1, 0.15) is 0 Å². The minimum absolute atomic E-state index is 0.0752. The second kappa shape index (κ2) is 7.86. The fourth-order valence-corrected chi connectivity index (χ4v) is 3.72. The molecule has 5 aromatic rings. The molecule has 9 nitrogen and oxygen atoms in total. The van der Waals surface area contributed by atoms with E-state index in [4.69, 9.17) is 5.73 Å². The molecule has 33 heavy (non-hydrogen) atoms. The van der Waals surface area contributed by atoms with Crippen molar-refractivity contribution in [2.24, 2.45) is 11.7 Å². The predicted octanol–water partition coefficient (Wildman–Crippen LogP) is 3.86. The maximum atomic E-state index is 12.0. The number of pyridine rings is 2. The number of aromatic nitrogens is 5. The number of anilines is 1. The highest BCUT2D eigenvalue weighted by Crippen LogP contribution is 2.32. The molecule has 0 unspecified atom stereocenters. The lowest BCUT2D eigenvalue weighted by Gasteiger charge is -2.09. The minimum atomic E-state index is -0.485. The molecule has 9 heteroatoms. The molecule has 1 aromatic carbocycles. The van der Waals surface area contributed by atoms with Crippen LogP contribution in [0, 0.1) is 5.92 Å². The topological polar surface area (TPSA) is 142 Å². The zero-order chi connectivity index (χ0) is 23.1. The van der Waals surface area contributed by atoms with Gasteiger partial charge in [0.05, 0.1) is 23.3 Å². The number of hydrogen-bond donors (Lipinski definition) is 4. The number of nitrogens with two attached hydrogens (primary N) is 1. The number of benzene rings is 1. The summed E-state index contributed by atoms with van der Waals surface area (Å²) in [7, 11) is 0. The van der Waals surface area contributed by atoms with E-state index in [1.807, 2.05) is 38.1 Å². The molecular formula is C24H21N7O2. The number of primary amides is 1. The van der Waals surface area contributed by atoms with Gasteiger partial charge >= 0.3 is 0 Å². The van der Waals surface area contributed by atoms with Crippen molar-refractivity contribution in [2.75, 3.05) is 5.32 Å². The Morgan fingerprint density at radius 3 is 2.64 bits per heavy atom. The Balaban J connectivity index is 1.57. The van der Waals surface area contributed by atoms with E-state index in [1.165, 1.54) is 0 Å². The summed E-state index contributed by atoms with van der Waals surface area (Å²) in [6.07, 6.45) is 5.05. The highest BCUT2D eigenvalue weighted by Gasteiger charge is 2.16. The van der Waals surface area contributed by atoms with Gasteiger partial charge in [-0.15, -0.1) is 0 Å². The predicted molar refractivity (Wildman–Crippen MR) is 126 cm³/mol. The van der Waals surface area contributed by atoms with Gasteiger partial charge in [-0.05, 0) is 30.3 Å². The Morgan fingerprint density at radius 1 is 1.03 bits per heavy atom. The maximum absolute atomic E-state index is 12.0. The quantitative estimate of drug-likeness (QED) is 0.329. The molecule has 0 spiro atoms. The average molecular weight is 439 g/mol. The molecule has 4 heterocycles. The Bertz CT molecular complexity index is 1530. The van der Waals surface area contributed by atoms with E-state index in [9.17, 15) is 9.59 Å². The zero-order valence-electron chi connectivity index (χ0n) is 18.0. The molecule has 0 saturated carbocycles. The number of carbonyl (C=O) groups excluding carboxylic acids is 2. The Labute approximate surface area is 188 Å². The van der Waals surface area contributed by atoms with Crippen molar-refractivity contribution in [2.45, 2.75) is 13.8 Å². The molecule has 164 valence electrons.